The number of rotatable bonds is 6. The van der Waals surface area contributed by atoms with Crippen molar-refractivity contribution in [2.24, 2.45) is 5.92 Å². The zero-order valence-electron chi connectivity index (χ0n) is 11.1. The Kier molecular flexibility index (Phi) is 5.55. The lowest BCUT2D eigenvalue weighted by Crippen LogP contribution is -2.62. The van der Waals surface area contributed by atoms with Gasteiger partial charge in [0.05, 0.1) is 0 Å². The highest BCUT2D eigenvalue weighted by Gasteiger charge is 2.30. The van der Waals surface area contributed by atoms with E-state index in [1.807, 2.05) is 13.8 Å². The summed E-state index contributed by atoms with van der Waals surface area (Å²) in [5.74, 6) is -0.438. The van der Waals surface area contributed by atoms with Crippen molar-refractivity contribution < 1.29 is 14.3 Å². The molecule has 0 aromatic carbocycles. The highest BCUT2D eigenvalue weighted by atomic mass is 16.6. The Bertz CT molecular complexity index is 290. The molecule has 103 valence electrons. The number of hydrogen-bond acceptors (Lipinski definition) is 3. The zero-order valence-corrected chi connectivity index (χ0v) is 11.1. The second-order valence-corrected chi connectivity index (χ2v) is 4.98. The minimum Gasteiger partial charge on any atom is -0.606 e. The van der Waals surface area contributed by atoms with Crippen LogP contribution in [0.25, 0.3) is 0 Å². The van der Waals surface area contributed by atoms with E-state index in [2.05, 4.69) is 10.7 Å². The number of carbonyl (C=O) groups is 1. The van der Waals surface area contributed by atoms with Gasteiger partial charge >= 0.3 is 6.41 Å². The van der Waals surface area contributed by atoms with E-state index in [1.165, 1.54) is 0 Å². The standard InChI is InChI=1S/C12H22N3O3/c1-3-10(2)11(13-9-16)12(17)14-15(18)7-5-4-6-8-15/h10-11H,3-8H2,1-2H3,(H,13,16)(H,14,17). The first-order valence-corrected chi connectivity index (χ1v) is 6.55. The number of hydrogen-bond donors (Lipinski definition) is 2. The van der Waals surface area contributed by atoms with Crippen LogP contribution in [0.1, 0.15) is 39.5 Å². The number of piperidine rings is 1. The molecule has 1 rings (SSSR count). The van der Waals surface area contributed by atoms with Crippen LogP contribution in [0.2, 0.25) is 0 Å². The van der Waals surface area contributed by atoms with E-state index in [4.69, 9.17) is 0 Å². The maximum atomic E-state index is 12.2. The summed E-state index contributed by atoms with van der Waals surface area (Å²) in [6, 6.07) is -0.682. The fourth-order valence-electron chi connectivity index (χ4n) is 2.17. The van der Waals surface area contributed by atoms with Crippen molar-refractivity contribution in [3.8, 4) is 0 Å². The first-order chi connectivity index (χ1) is 8.52. The van der Waals surface area contributed by atoms with Crippen LogP contribution < -0.4 is 10.7 Å². The summed E-state index contributed by atoms with van der Waals surface area (Å²) in [6.07, 6.45) is 4.97. The van der Waals surface area contributed by atoms with Crippen molar-refractivity contribution in [2.45, 2.75) is 45.6 Å². The van der Waals surface area contributed by atoms with E-state index in [9.17, 15) is 14.8 Å². The van der Waals surface area contributed by atoms with Crippen molar-refractivity contribution in [3.63, 3.8) is 0 Å². The van der Waals surface area contributed by atoms with Crippen molar-refractivity contribution in [1.82, 2.24) is 10.7 Å². The number of quaternary nitrogens is 1. The average molecular weight is 256 g/mol. The predicted octanol–water partition coefficient (Wildman–Crippen LogP) is 0.588. The van der Waals surface area contributed by atoms with Gasteiger partial charge in [-0.2, -0.15) is 5.43 Å². The van der Waals surface area contributed by atoms with Gasteiger partial charge in [0.15, 0.2) is 0 Å². The fourth-order valence-corrected chi connectivity index (χ4v) is 2.17. The Hall–Kier alpha value is -1.14. The lowest BCUT2D eigenvalue weighted by molar-refractivity contribution is -0.920. The van der Waals surface area contributed by atoms with Crippen LogP contribution in [0.4, 0.5) is 0 Å². The summed E-state index contributed by atoms with van der Waals surface area (Å²) in [7, 11) is 0. The molecule has 2 atom stereocenters. The Balaban J connectivity index is 2.62. The Morgan fingerprint density at radius 3 is 2.50 bits per heavy atom. The second-order valence-electron chi connectivity index (χ2n) is 4.98. The molecule has 1 saturated heterocycles. The quantitative estimate of drug-likeness (QED) is 0.414. The highest BCUT2D eigenvalue weighted by molar-refractivity contribution is 5.83. The maximum Gasteiger partial charge on any atom is 0.309 e. The number of nitrogens with zero attached hydrogens (tertiary/aromatic N) is 1. The molecular formula is C12H22N3O3. The SMILES string of the molecule is CCC(C)C(N[C]=O)C(=O)N[N+]1([O-])CCCCC1. The van der Waals surface area contributed by atoms with Gasteiger partial charge in [0.2, 0.25) is 0 Å². The van der Waals surface area contributed by atoms with E-state index < -0.39 is 16.7 Å². The molecule has 2 unspecified atom stereocenters. The molecule has 0 saturated carbocycles. The number of hydroxylamine groups is 2. The van der Waals surface area contributed by atoms with E-state index in [0.29, 0.717) is 13.1 Å². The molecule has 1 radical (unpaired) electrons. The molecule has 0 bridgehead atoms. The lowest BCUT2D eigenvalue weighted by atomic mass is 9.99. The van der Waals surface area contributed by atoms with Gasteiger partial charge < -0.3 is 10.5 Å². The van der Waals surface area contributed by atoms with E-state index in [1.54, 1.807) is 6.41 Å². The van der Waals surface area contributed by atoms with Crippen LogP contribution in [0.15, 0.2) is 0 Å². The Morgan fingerprint density at radius 1 is 1.39 bits per heavy atom. The van der Waals surface area contributed by atoms with Gasteiger partial charge in [0.25, 0.3) is 5.91 Å². The topological polar surface area (TPSA) is 81.3 Å². The van der Waals surface area contributed by atoms with Crippen molar-refractivity contribution >= 4 is 12.3 Å². The Morgan fingerprint density at radius 2 is 2.00 bits per heavy atom. The highest BCUT2D eigenvalue weighted by Crippen LogP contribution is 2.15. The molecule has 1 aliphatic heterocycles. The summed E-state index contributed by atoms with van der Waals surface area (Å²) >= 11 is 0. The van der Waals surface area contributed by atoms with Gasteiger partial charge in [-0.05, 0) is 25.2 Å². The van der Waals surface area contributed by atoms with Crippen molar-refractivity contribution in [1.29, 1.82) is 0 Å². The van der Waals surface area contributed by atoms with E-state index in [-0.39, 0.29) is 5.92 Å². The van der Waals surface area contributed by atoms with Gasteiger partial charge in [0.1, 0.15) is 19.1 Å². The van der Waals surface area contributed by atoms with Gasteiger partial charge in [-0.1, -0.05) is 20.3 Å². The predicted molar refractivity (Wildman–Crippen MR) is 67.4 cm³/mol. The molecule has 6 nitrogen and oxygen atoms in total. The Labute approximate surface area is 108 Å². The number of nitrogens with one attached hydrogen (secondary N) is 2. The maximum absolute atomic E-state index is 12.2. The van der Waals surface area contributed by atoms with Crippen LogP contribution >= 0.6 is 0 Å². The van der Waals surface area contributed by atoms with E-state index >= 15 is 0 Å². The van der Waals surface area contributed by atoms with Gasteiger partial charge in [0, 0.05) is 0 Å². The first-order valence-electron chi connectivity index (χ1n) is 6.55. The van der Waals surface area contributed by atoms with Gasteiger partial charge in [-0.25, -0.2) is 0 Å². The second kappa shape index (κ2) is 6.70. The first kappa shape index (κ1) is 14.9. The molecule has 1 aliphatic rings. The molecule has 0 aliphatic carbocycles. The molecule has 0 aromatic rings. The fraction of sp³-hybridized carbons (Fsp3) is 0.833. The summed E-state index contributed by atoms with van der Waals surface area (Å²) in [4.78, 5) is 22.5. The molecule has 1 heterocycles. The summed E-state index contributed by atoms with van der Waals surface area (Å²) in [5.41, 5.74) is 2.50. The third-order valence-electron chi connectivity index (χ3n) is 3.56. The third-order valence-corrected chi connectivity index (χ3v) is 3.56. The number of amides is 2. The van der Waals surface area contributed by atoms with Crippen molar-refractivity contribution in [3.05, 3.63) is 5.21 Å². The molecule has 2 N–H and O–H groups in total. The molecular weight excluding hydrogens is 234 g/mol. The summed E-state index contributed by atoms with van der Waals surface area (Å²) in [5, 5.41) is 14.6. The minimum absolute atomic E-state index is 0.0251. The largest absolute Gasteiger partial charge is 0.606 e. The average Bonchev–Trinajstić information content (AvgIpc) is 2.35. The van der Waals surface area contributed by atoms with E-state index in [0.717, 1.165) is 25.7 Å². The minimum atomic E-state index is -0.682. The normalized spacial score (nSPS) is 21.7. The van der Waals surface area contributed by atoms with Crippen LogP contribution in [-0.2, 0) is 9.59 Å². The summed E-state index contributed by atoms with van der Waals surface area (Å²) in [6.45, 7) is 4.60. The molecule has 1 fully saturated rings. The van der Waals surface area contributed by atoms with Gasteiger partial charge in [-0.15, -0.1) is 0 Å². The molecule has 0 aromatic heterocycles. The van der Waals surface area contributed by atoms with Crippen LogP contribution in [-0.4, -0.2) is 36.2 Å². The molecule has 0 spiro atoms. The zero-order chi connectivity index (χ0) is 13.6. The number of carbonyl (C=O) groups excluding carboxylic acids is 2. The molecule has 6 heteroatoms. The van der Waals surface area contributed by atoms with Crippen LogP contribution in [0.3, 0.4) is 0 Å². The van der Waals surface area contributed by atoms with Crippen LogP contribution in [0, 0.1) is 11.1 Å². The summed E-state index contributed by atoms with van der Waals surface area (Å²) < 4.78 is -0.674. The molecule has 18 heavy (non-hydrogen) atoms. The lowest BCUT2D eigenvalue weighted by Gasteiger charge is -2.44. The smallest absolute Gasteiger partial charge is 0.309 e. The van der Waals surface area contributed by atoms with Crippen LogP contribution in [0.5, 0.6) is 0 Å². The van der Waals surface area contributed by atoms with Gasteiger partial charge in [-0.3, -0.25) is 14.3 Å². The third kappa shape index (κ3) is 3.96. The monoisotopic (exact) mass is 256 g/mol. The molecule has 2 amide bonds. The van der Waals surface area contributed by atoms with Crippen molar-refractivity contribution in [2.75, 3.05) is 13.1 Å².